The number of nitrogens with one attached hydrogen (secondary N) is 3. The van der Waals surface area contributed by atoms with Crippen molar-refractivity contribution in [3.8, 4) is 0 Å². The van der Waals surface area contributed by atoms with Crippen LogP contribution < -0.4 is 10.0 Å². The number of methoxy groups -OCH3 is 1. The fraction of sp³-hybridized carbons (Fsp3) is 0.312. The molecule has 1 unspecified atom stereocenters. The van der Waals surface area contributed by atoms with Gasteiger partial charge in [0.05, 0.1) is 7.11 Å². The summed E-state index contributed by atoms with van der Waals surface area (Å²) in [6, 6.07) is 9.18. The van der Waals surface area contributed by atoms with Crippen LogP contribution in [0.25, 0.3) is 0 Å². The molecule has 1 atom stereocenters. The molecule has 0 bridgehead atoms. The number of esters is 1. The number of carbonyl (C=O) groups is 1. The van der Waals surface area contributed by atoms with Gasteiger partial charge < -0.3 is 15.0 Å². The standard InChI is InChI=1S/C16H19N3O4S/c1-23-16(20)14-8-12(9-18-14)24(21,22)19-10-15-13-5-3-2-4-11(13)6-7-17-15/h2-5,8-9,15,17-19H,6-7,10H2,1H3. The van der Waals surface area contributed by atoms with Gasteiger partial charge in [0.25, 0.3) is 0 Å². The Morgan fingerprint density at radius 2 is 2.17 bits per heavy atom. The maximum absolute atomic E-state index is 12.4. The van der Waals surface area contributed by atoms with Gasteiger partial charge in [-0.3, -0.25) is 0 Å². The normalized spacial score (nSPS) is 17.3. The predicted octanol–water partition coefficient (Wildman–Crippen LogP) is 0.967. The fourth-order valence-electron chi connectivity index (χ4n) is 2.81. The molecule has 7 nitrogen and oxygen atoms in total. The number of carbonyl (C=O) groups excluding carboxylic acids is 1. The lowest BCUT2D eigenvalue weighted by atomic mass is 9.95. The molecule has 2 aromatic rings. The molecule has 3 rings (SSSR count). The number of aromatic amines is 1. The van der Waals surface area contributed by atoms with E-state index in [9.17, 15) is 13.2 Å². The third kappa shape index (κ3) is 3.35. The fourth-order valence-corrected chi connectivity index (χ4v) is 3.85. The van der Waals surface area contributed by atoms with E-state index in [0.717, 1.165) is 18.5 Å². The molecule has 1 aliphatic heterocycles. The largest absolute Gasteiger partial charge is 0.464 e. The van der Waals surface area contributed by atoms with Crippen molar-refractivity contribution in [1.29, 1.82) is 0 Å². The molecule has 0 radical (unpaired) electrons. The van der Waals surface area contributed by atoms with Crippen LogP contribution in [0.2, 0.25) is 0 Å². The van der Waals surface area contributed by atoms with Crippen molar-refractivity contribution in [3.63, 3.8) is 0 Å². The van der Waals surface area contributed by atoms with Gasteiger partial charge in [0.15, 0.2) is 0 Å². The molecular weight excluding hydrogens is 330 g/mol. The summed E-state index contributed by atoms with van der Waals surface area (Å²) in [4.78, 5) is 14.0. The molecule has 1 aliphatic rings. The molecule has 0 amide bonds. The van der Waals surface area contributed by atoms with Crippen LogP contribution in [0.15, 0.2) is 41.4 Å². The molecule has 2 heterocycles. The average molecular weight is 349 g/mol. The van der Waals surface area contributed by atoms with Crippen molar-refractivity contribution in [1.82, 2.24) is 15.0 Å². The Kier molecular flexibility index (Phi) is 4.70. The summed E-state index contributed by atoms with van der Waals surface area (Å²) in [6.45, 7) is 1.04. The van der Waals surface area contributed by atoms with Crippen LogP contribution in [-0.4, -0.2) is 39.6 Å². The zero-order valence-corrected chi connectivity index (χ0v) is 14.0. The van der Waals surface area contributed by atoms with Gasteiger partial charge in [-0.1, -0.05) is 24.3 Å². The number of hydrogen-bond donors (Lipinski definition) is 3. The summed E-state index contributed by atoms with van der Waals surface area (Å²) in [7, 11) is -2.47. The minimum absolute atomic E-state index is 0.00648. The molecule has 8 heteroatoms. The van der Waals surface area contributed by atoms with Crippen molar-refractivity contribution in [2.75, 3.05) is 20.2 Å². The van der Waals surface area contributed by atoms with Gasteiger partial charge in [-0.2, -0.15) is 0 Å². The minimum Gasteiger partial charge on any atom is -0.464 e. The van der Waals surface area contributed by atoms with Crippen LogP contribution in [0.3, 0.4) is 0 Å². The number of rotatable bonds is 5. The van der Waals surface area contributed by atoms with Gasteiger partial charge in [-0.15, -0.1) is 0 Å². The first kappa shape index (κ1) is 16.7. The van der Waals surface area contributed by atoms with Gasteiger partial charge in [-0.05, 0) is 30.2 Å². The molecule has 0 aliphatic carbocycles. The summed E-state index contributed by atoms with van der Waals surface area (Å²) in [6.07, 6.45) is 2.20. The molecule has 0 saturated carbocycles. The number of aromatic nitrogens is 1. The SMILES string of the molecule is COC(=O)c1cc(S(=O)(=O)NCC2NCCc3ccccc32)c[nH]1. The smallest absolute Gasteiger partial charge is 0.354 e. The Hall–Kier alpha value is -2.16. The Labute approximate surface area is 140 Å². The molecular formula is C16H19N3O4S. The first-order valence-electron chi connectivity index (χ1n) is 7.59. The number of sulfonamides is 1. The monoisotopic (exact) mass is 349 g/mol. The van der Waals surface area contributed by atoms with E-state index in [1.807, 2.05) is 18.2 Å². The number of hydrogen-bond acceptors (Lipinski definition) is 5. The van der Waals surface area contributed by atoms with E-state index in [4.69, 9.17) is 0 Å². The first-order chi connectivity index (χ1) is 11.5. The maximum Gasteiger partial charge on any atom is 0.354 e. The van der Waals surface area contributed by atoms with E-state index in [1.54, 1.807) is 0 Å². The molecule has 0 saturated heterocycles. The van der Waals surface area contributed by atoms with Crippen molar-refractivity contribution < 1.29 is 17.9 Å². The van der Waals surface area contributed by atoms with Crippen LogP contribution in [0.4, 0.5) is 0 Å². The summed E-state index contributed by atoms with van der Waals surface area (Å²) in [5, 5.41) is 3.32. The summed E-state index contributed by atoms with van der Waals surface area (Å²) in [5.41, 5.74) is 2.44. The van der Waals surface area contributed by atoms with E-state index in [0.29, 0.717) is 0 Å². The highest BCUT2D eigenvalue weighted by atomic mass is 32.2. The second-order valence-electron chi connectivity index (χ2n) is 5.55. The van der Waals surface area contributed by atoms with Gasteiger partial charge in [0.2, 0.25) is 10.0 Å². The topological polar surface area (TPSA) is 100 Å². The lowest BCUT2D eigenvalue weighted by Gasteiger charge is -2.27. The van der Waals surface area contributed by atoms with E-state index in [-0.39, 0.29) is 23.2 Å². The lowest BCUT2D eigenvalue weighted by Crippen LogP contribution is -2.38. The van der Waals surface area contributed by atoms with Crippen LogP contribution >= 0.6 is 0 Å². The third-order valence-corrected chi connectivity index (χ3v) is 5.47. The maximum atomic E-state index is 12.4. The molecule has 0 fully saturated rings. The van der Waals surface area contributed by atoms with Crippen molar-refractivity contribution in [2.45, 2.75) is 17.4 Å². The zero-order chi connectivity index (χ0) is 17.2. The van der Waals surface area contributed by atoms with Crippen LogP contribution in [0.1, 0.15) is 27.7 Å². The quantitative estimate of drug-likeness (QED) is 0.698. The number of H-pyrrole nitrogens is 1. The van der Waals surface area contributed by atoms with Gasteiger partial charge in [0.1, 0.15) is 10.6 Å². The van der Waals surface area contributed by atoms with Crippen molar-refractivity contribution >= 4 is 16.0 Å². The van der Waals surface area contributed by atoms with E-state index >= 15 is 0 Å². The molecule has 24 heavy (non-hydrogen) atoms. The zero-order valence-electron chi connectivity index (χ0n) is 13.2. The van der Waals surface area contributed by atoms with E-state index in [2.05, 4.69) is 25.8 Å². The Bertz CT molecular complexity index is 845. The van der Waals surface area contributed by atoms with Crippen molar-refractivity contribution in [3.05, 3.63) is 53.3 Å². The number of benzene rings is 1. The minimum atomic E-state index is -3.71. The molecule has 1 aromatic carbocycles. The Balaban J connectivity index is 1.72. The highest BCUT2D eigenvalue weighted by molar-refractivity contribution is 7.89. The third-order valence-electron chi connectivity index (χ3n) is 4.07. The Morgan fingerprint density at radius 3 is 2.96 bits per heavy atom. The van der Waals surface area contributed by atoms with Gasteiger partial charge >= 0.3 is 5.97 Å². The second kappa shape index (κ2) is 6.76. The first-order valence-corrected chi connectivity index (χ1v) is 9.07. The van der Waals surface area contributed by atoms with Crippen LogP contribution in [0, 0.1) is 0 Å². The molecule has 0 spiro atoms. The summed E-state index contributed by atoms with van der Waals surface area (Å²) >= 11 is 0. The van der Waals surface area contributed by atoms with Crippen molar-refractivity contribution in [2.24, 2.45) is 0 Å². The molecule has 1 aromatic heterocycles. The summed E-state index contributed by atoms with van der Waals surface area (Å²) < 4.78 is 32.0. The van der Waals surface area contributed by atoms with Crippen LogP contribution in [-0.2, 0) is 21.2 Å². The number of fused-ring (bicyclic) bond motifs is 1. The summed E-state index contributed by atoms with van der Waals surface area (Å²) in [5.74, 6) is -0.612. The predicted molar refractivity (Wildman–Crippen MR) is 88.2 cm³/mol. The Morgan fingerprint density at radius 1 is 1.38 bits per heavy atom. The van der Waals surface area contributed by atoms with Gasteiger partial charge in [-0.25, -0.2) is 17.9 Å². The highest BCUT2D eigenvalue weighted by Crippen LogP contribution is 2.22. The average Bonchev–Trinajstić information content (AvgIpc) is 3.10. The molecule has 128 valence electrons. The van der Waals surface area contributed by atoms with E-state index in [1.165, 1.54) is 24.9 Å². The van der Waals surface area contributed by atoms with Gasteiger partial charge in [0, 0.05) is 18.8 Å². The second-order valence-corrected chi connectivity index (χ2v) is 7.32. The molecule has 3 N–H and O–H groups in total. The van der Waals surface area contributed by atoms with E-state index < -0.39 is 16.0 Å². The number of ether oxygens (including phenoxy) is 1. The van der Waals surface area contributed by atoms with Crippen LogP contribution in [0.5, 0.6) is 0 Å². The lowest BCUT2D eigenvalue weighted by molar-refractivity contribution is 0.0594. The highest BCUT2D eigenvalue weighted by Gasteiger charge is 2.23.